The smallest absolute Gasteiger partial charge is 0.160 e. The molecule has 1 aliphatic heterocycles. The normalized spacial score (nSPS) is 33.3. The molecule has 3 heteroatoms. The SMILES string of the molecule is CC(C)C1COC(C2CCC(=O)CC2)OC1. The third-order valence-electron chi connectivity index (χ3n) is 3.86. The molecule has 0 amide bonds. The molecule has 0 spiro atoms. The standard InChI is InChI=1S/C13H22O3/c1-9(2)11-7-15-13(16-8-11)10-3-5-12(14)6-4-10/h9-11,13H,3-8H2,1-2H3. The van der Waals surface area contributed by atoms with E-state index in [2.05, 4.69) is 13.8 Å². The monoisotopic (exact) mass is 226 g/mol. The Bertz CT molecular complexity index is 232. The second-order valence-corrected chi connectivity index (χ2v) is 5.42. The number of rotatable bonds is 2. The van der Waals surface area contributed by atoms with Gasteiger partial charge in [-0.2, -0.15) is 0 Å². The van der Waals surface area contributed by atoms with Gasteiger partial charge in [0, 0.05) is 24.7 Å². The zero-order valence-corrected chi connectivity index (χ0v) is 10.3. The van der Waals surface area contributed by atoms with Gasteiger partial charge in [-0.05, 0) is 18.8 Å². The van der Waals surface area contributed by atoms with Crippen LogP contribution in [0.1, 0.15) is 39.5 Å². The van der Waals surface area contributed by atoms with Crippen LogP contribution in [0.25, 0.3) is 0 Å². The van der Waals surface area contributed by atoms with Crippen molar-refractivity contribution in [2.24, 2.45) is 17.8 Å². The van der Waals surface area contributed by atoms with Gasteiger partial charge >= 0.3 is 0 Å². The topological polar surface area (TPSA) is 35.5 Å². The zero-order valence-electron chi connectivity index (χ0n) is 10.3. The molecule has 0 aromatic heterocycles. The van der Waals surface area contributed by atoms with E-state index in [9.17, 15) is 4.79 Å². The van der Waals surface area contributed by atoms with Gasteiger partial charge in [0.2, 0.25) is 0 Å². The Labute approximate surface area is 97.5 Å². The first kappa shape index (κ1) is 12.1. The molecule has 0 aromatic rings. The predicted molar refractivity (Wildman–Crippen MR) is 61.0 cm³/mol. The first-order chi connectivity index (χ1) is 7.66. The van der Waals surface area contributed by atoms with Gasteiger partial charge in [0.1, 0.15) is 5.78 Å². The average molecular weight is 226 g/mol. The van der Waals surface area contributed by atoms with Crippen molar-refractivity contribution in [3.8, 4) is 0 Å². The van der Waals surface area contributed by atoms with E-state index in [1.54, 1.807) is 0 Å². The fourth-order valence-corrected chi connectivity index (χ4v) is 2.42. The highest BCUT2D eigenvalue weighted by Gasteiger charge is 2.32. The molecule has 0 bridgehead atoms. The summed E-state index contributed by atoms with van der Waals surface area (Å²) in [6.07, 6.45) is 3.25. The third kappa shape index (κ3) is 2.83. The van der Waals surface area contributed by atoms with Crippen molar-refractivity contribution in [3.63, 3.8) is 0 Å². The summed E-state index contributed by atoms with van der Waals surface area (Å²) in [5.41, 5.74) is 0. The molecule has 0 radical (unpaired) electrons. The van der Waals surface area contributed by atoms with Crippen molar-refractivity contribution in [3.05, 3.63) is 0 Å². The summed E-state index contributed by atoms with van der Waals surface area (Å²) in [4.78, 5) is 11.2. The van der Waals surface area contributed by atoms with E-state index in [-0.39, 0.29) is 6.29 Å². The number of hydrogen-bond acceptors (Lipinski definition) is 3. The Morgan fingerprint density at radius 1 is 1.12 bits per heavy atom. The first-order valence-corrected chi connectivity index (χ1v) is 6.41. The molecule has 2 fully saturated rings. The highest BCUT2D eigenvalue weighted by Crippen LogP contribution is 2.30. The fraction of sp³-hybridized carbons (Fsp3) is 0.923. The van der Waals surface area contributed by atoms with E-state index in [0.29, 0.717) is 36.4 Å². The van der Waals surface area contributed by atoms with Gasteiger partial charge in [-0.1, -0.05) is 13.8 Å². The lowest BCUT2D eigenvalue weighted by Crippen LogP contribution is -2.40. The van der Waals surface area contributed by atoms with Crippen LogP contribution < -0.4 is 0 Å². The van der Waals surface area contributed by atoms with Crippen molar-refractivity contribution in [1.29, 1.82) is 0 Å². The number of Topliss-reactive ketones (excluding diaryl/α,β-unsaturated/α-hetero) is 1. The maximum Gasteiger partial charge on any atom is 0.160 e. The quantitative estimate of drug-likeness (QED) is 0.725. The summed E-state index contributed by atoms with van der Waals surface area (Å²) in [5.74, 6) is 1.98. The molecule has 1 aliphatic carbocycles. The lowest BCUT2D eigenvalue weighted by atomic mass is 9.87. The summed E-state index contributed by atoms with van der Waals surface area (Å²) in [6, 6.07) is 0. The average Bonchev–Trinajstić information content (AvgIpc) is 2.30. The fourth-order valence-electron chi connectivity index (χ4n) is 2.42. The second kappa shape index (κ2) is 5.28. The Hall–Kier alpha value is -0.410. The predicted octanol–water partition coefficient (Wildman–Crippen LogP) is 2.39. The van der Waals surface area contributed by atoms with Crippen LogP contribution in [-0.2, 0) is 14.3 Å². The maximum absolute atomic E-state index is 11.2. The Kier molecular flexibility index (Phi) is 3.98. The third-order valence-corrected chi connectivity index (χ3v) is 3.86. The first-order valence-electron chi connectivity index (χ1n) is 6.41. The molecular weight excluding hydrogens is 204 g/mol. The van der Waals surface area contributed by atoms with Crippen LogP contribution in [0.5, 0.6) is 0 Å². The van der Waals surface area contributed by atoms with Crippen LogP contribution >= 0.6 is 0 Å². The molecule has 1 saturated carbocycles. The van der Waals surface area contributed by atoms with Gasteiger partial charge in [0.05, 0.1) is 13.2 Å². The lowest BCUT2D eigenvalue weighted by Gasteiger charge is -2.36. The van der Waals surface area contributed by atoms with Gasteiger partial charge in [0.15, 0.2) is 6.29 Å². The molecule has 0 unspecified atom stereocenters. The molecule has 16 heavy (non-hydrogen) atoms. The van der Waals surface area contributed by atoms with Crippen LogP contribution in [0, 0.1) is 17.8 Å². The number of ketones is 1. The minimum absolute atomic E-state index is 0.0527. The molecule has 1 heterocycles. The van der Waals surface area contributed by atoms with E-state index < -0.39 is 0 Å². The zero-order chi connectivity index (χ0) is 11.5. The van der Waals surface area contributed by atoms with E-state index in [4.69, 9.17) is 9.47 Å². The summed E-state index contributed by atoms with van der Waals surface area (Å²) < 4.78 is 11.6. The molecule has 1 saturated heterocycles. The van der Waals surface area contributed by atoms with Crippen molar-refractivity contribution in [2.75, 3.05) is 13.2 Å². The van der Waals surface area contributed by atoms with Crippen LogP contribution in [0.3, 0.4) is 0 Å². The van der Waals surface area contributed by atoms with Gasteiger partial charge in [0.25, 0.3) is 0 Å². The molecular formula is C13H22O3. The molecule has 0 atom stereocenters. The maximum atomic E-state index is 11.2. The number of carbonyl (C=O) groups is 1. The molecule has 2 aliphatic rings. The highest BCUT2D eigenvalue weighted by atomic mass is 16.7. The summed E-state index contributed by atoms with van der Waals surface area (Å²) in [7, 11) is 0. The molecule has 92 valence electrons. The van der Waals surface area contributed by atoms with Crippen molar-refractivity contribution in [1.82, 2.24) is 0 Å². The largest absolute Gasteiger partial charge is 0.352 e. The molecule has 3 nitrogen and oxygen atoms in total. The van der Waals surface area contributed by atoms with E-state index in [0.717, 1.165) is 26.1 Å². The Balaban J connectivity index is 1.78. The van der Waals surface area contributed by atoms with Gasteiger partial charge in [-0.15, -0.1) is 0 Å². The molecule has 2 rings (SSSR count). The highest BCUT2D eigenvalue weighted by molar-refractivity contribution is 5.79. The summed E-state index contributed by atoms with van der Waals surface area (Å²) in [6.45, 7) is 6.04. The van der Waals surface area contributed by atoms with E-state index in [1.807, 2.05) is 0 Å². The van der Waals surface area contributed by atoms with Gasteiger partial charge in [-0.3, -0.25) is 4.79 Å². The second-order valence-electron chi connectivity index (χ2n) is 5.42. The van der Waals surface area contributed by atoms with Crippen molar-refractivity contribution in [2.45, 2.75) is 45.8 Å². The number of hydrogen-bond donors (Lipinski definition) is 0. The van der Waals surface area contributed by atoms with E-state index >= 15 is 0 Å². The molecule has 0 aromatic carbocycles. The summed E-state index contributed by atoms with van der Waals surface area (Å²) >= 11 is 0. The van der Waals surface area contributed by atoms with Crippen LogP contribution in [-0.4, -0.2) is 25.3 Å². The lowest BCUT2D eigenvalue weighted by molar-refractivity contribution is -0.232. The van der Waals surface area contributed by atoms with Crippen molar-refractivity contribution >= 4 is 5.78 Å². The number of carbonyl (C=O) groups excluding carboxylic acids is 1. The van der Waals surface area contributed by atoms with Crippen molar-refractivity contribution < 1.29 is 14.3 Å². The van der Waals surface area contributed by atoms with Gasteiger partial charge < -0.3 is 9.47 Å². The van der Waals surface area contributed by atoms with Gasteiger partial charge in [-0.25, -0.2) is 0 Å². The summed E-state index contributed by atoms with van der Waals surface area (Å²) in [5, 5.41) is 0. The van der Waals surface area contributed by atoms with Crippen LogP contribution in [0.2, 0.25) is 0 Å². The van der Waals surface area contributed by atoms with E-state index in [1.165, 1.54) is 0 Å². The minimum atomic E-state index is -0.0527. The molecule has 0 N–H and O–H groups in total. The Morgan fingerprint density at radius 3 is 2.19 bits per heavy atom. The minimum Gasteiger partial charge on any atom is -0.352 e. The Morgan fingerprint density at radius 2 is 1.69 bits per heavy atom. The van der Waals surface area contributed by atoms with Crippen LogP contribution in [0.15, 0.2) is 0 Å². The van der Waals surface area contributed by atoms with Crippen LogP contribution in [0.4, 0.5) is 0 Å². The number of ether oxygens (including phenoxy) is 2.